The number of piperazine rings is 1. The van der Waals surface area contributed by atoms with Crippen LogP contribution in [-0.2, 0) is 4.79 Å². The van der Waals surface area contributed by atoms with Gasteiger partial charge in [0.05, 0.1) is 6.04 Å². The third kappa shape index (κ3) is 4.35. The van der Waals surface area contributed by atoms with E-state index >= 15 is 0 Å². The Morgan fingerprint density at radius 3 is 2.47 bits per heavy atom. The summed E-state index contributed by atoms with van der Waals surface area (Å²) in [5, 5.41) is 1.25. The first-order chi connectivity index (χ1) is 15.3. The van der Waals surface area contributed by atoms with Gasteiger partial charge in [0.15, 0.2) is 11.5 Å². The number of fused-ring (bicyclic) bond motifs is 1. The van der Waals surface area contributed by atoms with Gasteiger partial charge in [-0.15, -0.1) is 0 Å². The van der Waals surface area contributed by atoms with Crippen LogP contribution in [0.5, 0.6) is 0 Å². The molecule has 2 aromatic carbocycles. The van der Waals surface area contributed by atoms with E-state index in [1.807, 2.05) is 30.3 Å². The molecule has 0 radical (unpaired) electrons. The maximum Gasteiger partial charge on any atom is 0.284 e. The van der Waals surface area contributed by atoms with E-state index in [1.165, 1.54) is 0 Å². The van der Waals surface area contributed by atoms with Gasteiger partial charge >= 0.3 is 0 Å². The first-order valence-corrected chi connectivity index (χ1v) is 11.7. The topological polar surface area (TPSA) is 79.8 Å². The number of nitrogens with two attached hydrogens (primary N) is 1. The lowest BCUT2D eigenvalue weighted by Crippen LogP contribution is -2.48. The molecule has 0 saturated carbocycles. The standard InChI is InChI=1S/C24H25BrClN3O3/c1-14(20-17-13-15(25)7-8-19(17)32-23(20)24(27)31)22(30)21(16-5-3-4-6-18(16)26)29-11-9-28(2)10-12-29/h3-8,13-14,21H,9-12H2,1-2H3,(H2,27,31). The molecule has 3 aromatic rings. The van der Waals surface area contributed by atoms with Crippen molar-refractivity contribution in [2.45, 2.75) is 18.9 Å². The zero-order valence-corrected chi connectivity index (χ0v) is 20.3. The molecule has 1 amide bonds. The molecule has 0 spiro atoms. The van der Waals surface area contributed by atoms with E-state index in [9.17, 15) is 9.59 Å². The summed E-state index contributed by atoms with van der Waals surface area (Å²) >= 11 is 10.0. The molecular formula is C24H25BrClN3O3. The zero-order valence-electron chi connectivity index (χ0n) is 18.0. The Morgan fingerprint density at radius 1 is 1.12 bits per heavy atom. The fourth-order valence-electron chi connectivity index (χ4n) is 4.39. The Bertz CT molecular complexity index is 1170. The number of carbonyl (C=O) groups excluding carboxylic acids is 2. The van der Waals surface area contributed by atoms with Gasteiger partial charge in [0.2, 0.25) is 0 Å². The van der Waals surface area contributed by atoms with Crippen LogP contribution < -0.4 is 5.73 Å². The van der Waals surface area contributed by atoms with Crippen LogP contribution in [-0.4, -0.2) is 54.7 Å². The molecule has 6 nitrogen and oxygen atoms in total. The van der Waals surface area contributed by atoms with E-state index in [-0.39, 0.29) is 11.5 Å². The number of benzene rings is 2. The summed E-state index contributed by atoms with van der Waals surface area (Å²) in [6.45, 7) is 5.00. The molecule has 1 aromatic heterocycles. The Morgan fingerprint density at radius 2 is 1.81 bits per heavy atom. The molecule has 8 heteroatoms. The van der Waals surface area contributed by atoms with E-state index in [1.54, 1.807) is 19.1 Å². The second-order valence-corrected chi connectivity index (χ2v) is 9.56. The number of furan rings is 1. The van der Waals surface area contributed by atoms with E-state index < -0.39 is 17.9 Å². The Hall–Kier alpha value is -2.19. The molecule has 2 N–H and O–H groups in total. The minimum absolute atomic E-state index is 0.0234. The zero-order chi connectivity index (χ0) is 23.0. The fourth-order valence-corrected chi connectivity index (χ4v) is 4.99. The minimum Gasteiger partial charge on any atom is -0.451 e. The van der Waals surface area contributed by atoms with Gasteiger partial charge in [0.25, 0.3) is 5.91 Å². The van der Waals surface area contributed by atoms with Crippen molar-refractivity contribution < 1.29 is 14.0 Å². The molecule has 1 aliphatic heterocycles. The van der Waals surface area contributed by atoms with Crippen molar-refractivity contribution in [3.05, 3.63) is 68.8 Å². The molecule has 2 heterocycles. The summed E-state index contributed by atoms with van der Waals surface area (Å²) in [5.41, 5.74) is 7.44. The highest BCUT2D eigenvalue weighted by molar-refractivity contribution is 9.10. The maximum absolute atomic E-state index is 14.1. The summed E-state index contributed by atoms with van der Waals surface area (Å²) in [7, 11) is 2.07. The lowest BCUT2D eigenvalue weighted by atomic mass is 9.86. The largest absolute Gasteiger partial charge is 0.451 e. The average Bonchev–Trinajstić information content (AvgIpc) is 3.15. The Labute approximate surface area is 200 Å². The molecule has 1 saturated heterocycles. The minimum atomic E-state index is -0.694. The number of nitrogens with zero attached hydrogens (tertiary/aromatic N) is 2. The average molecular weight is 519 g/mol. The van der Waals surface area contributed by atoms with Crippen LogP contribution in [0.1, 0.15) is 40.6 Å². The monoisotopic (exact) mass is 517 g/mol. The predicted octanol–water partition coefficient (Wildman–Crippen LogP) is 4.61. The molecule has 1 aliphatic rings. The Balaban J connectivity index is 1.81. The van der Waals surface area contributed by atoms with Gasteiger partial charge in [-0.1, -0.05) is 52.7 Å². The van der Waals surface area contributed by atoms with Gasteiger partial charge < -0.3 is 15.1 Å². The van der Waals surface area contributed by atoms with Crippen LogP contribution in [0.3, 0.4) is 0 Å². The number of hydrogen-bond donors (Lipinski definition) is 1. The highest BCUT2D eigenvalue weighted by Gasteiger charge is 2.37. The maximum atomic E-state index is 14.1. The molecule has 168 valence electrons. The molecule has 1 fully saturated rings. The van der Waals surface area contributed by atoms with Crippen LogP contribution in [0.2, 0.25) is 5.02 Å². The number of rotatable bonds is 6. The van der Waals surface area contributed by atoms with Crippen LogP contribution in [0.4, 0.5) is 0 Å². The number of amides is 1. The first kappa shape index (κ1) is 23.0. The van der Waals surface area contributed by atoms with Crippen LogP contribution in [0.15, 0.2) is 51.4 Å². The van der Waals surface area contributed by atoms with Crippen molar-refractivity contribution in [3.63, 3.8) is 0 Å². The number of likely N-dealkylation sites (N-methyl/N-ethyl adjacent to an activating group) is 1. The second kappa shape index (κ2) is 9.35. The van der Waals surface area contributed by atoms with Crippen molar-refractivity contribution in [2.75, 3.05) is 33.2 Å². The highest BCUT2D eigenvalue weighted by Crippen LogP contribution is 2.39. The third-order valence-corrected chi connectivity index (χ3v) is 6.98. The van der Waals surface area contributed by atoms with E-state index in [2.05, 4.69) is 32.8 Å². The summed E-state index contributed by atoms with van der Waals surface area (Å²) < 4.78 is 6.59. The van der Waals surface area contributed by atoms with Gasteiger partial charge in [0, 0.05) is 52.5 Å². The fraction of sp³-hybridized carbons (Fsp3) is 0.333. The van der Waals surface area contributed by atoms with Gasteiger partial charge in [-0.05, 0) is 36.9 Å². The predicted molar refractivity (Wildman–Crippen MR) is 129 cm³/mol. The van der Waals surface area contributed by atoms with Gasteiger partial charge in [-0.25, -0.2) is 0 Å². The van der Waals surface area contributed by atoms with Crippen LogP contribution in [0, 0.1) is 0 Å². The summed E-state index contributed by atoms with van der Waals surface area (Å²) in [4.78, 5) is 30.7. The second-order valence-electron chi connectivity index (χ2n) is 8.24. The summed E-state index contributed by atoms with van der Waals surface area (Å²) in [6, 6.07) is 12.3. The van der Waals surface area contributed by atoms with Crippen LogP contribution in [0.25, 0.3) is 11.0 Å². The third-order valence-electron chi connectivity index (χ3n) is 6.14. The molecule has 2 atom stereocenters. The van der Waals surface area contributed by atoms with E-state index in [0.717, 1.165) is 36.2 Å². The number of hydrogen-bond acceptors (Lipinski definition) is 5. The van der Waals surface area contributed by atoms with Gasteiger partial charge in [0.1, 0.15) is 5.58 Å². The quantitative estimate of drug-likeness (QED) is 0.515. The lowest BCUT2D eigenvalue weighted by Gasteiger charge is -2.38. The number of Topliss-reactive ketones (excluding diaryl/α,β-unsaturated/α-hetero) is 1. The molecule has 4 rings (SSSR count). The van der Waals surface area contributed by atoms with E-state index in [4.69, 9.17) is 21.8 Å². The number of halogens is 2. The van der Waals surface area contributed by atoms with Crippen LogP contribution >= 0.6 is 27.5 Å². The Kier molecular flexibility index (Phi) is 6.72. The number of primary amides is 1. The smallest absolute Gasteiger partial charge is 0.284 e. The first-order valence-electron chi connectivity index (χ1n) is 10.5. The summed E-state index contributed by atoms with van der Waals surface area (Å²) in [5.74, 6) is -1.35. The van der Waals surface area contributed by atoms with Crippen molar-refractivity contribution in [3.8, 4) is 0 Å². The molecule has 0 bridgehead atoms. The van der Waals surface area contributed by atoms with Gasteiger partial charge in [-0.3, -0.25) is 14.5 Å². The summed E-state index contributed by atoms with van der Waals surface area (Å²) in [6.07, 6.45) is 0. The molecule has 2 unspecified atom stereocenters. The normalized spacial score (nSPS) is 17.4. The lowest BCUT2D eigenvalue weighted by molar-refractivity contribution is -0.126. The highest BCUT2D eigenvalue weighted by atomic mass is 79.9. The van der Waals surface area contributed by atoms with Crippen molar-refractivity contribution >= 4 is 50.2 Å². The van der Waals surface area contributed by atoms with Gasteiger partial charge in [-0.2, -0.15) is 0 Å². The van der Waals surface area contributed by atoms with E-state index in [0.29, 0.717) is 21.6 Å². The number of carbonyl (C=O) groups is 2. The molecular weight excluding hydrogens is 494 g/mol. The molecule has 0 aliphatic carbocycles. The van der Waals surface area contributed by atoms with Crippen molar-refractivity contribution in [1.82, 2.24) is 9.80 Å². The van der Waals surface area contributed by atoms with Crippen molar-refractivity contribution in [2.24, 2.45) is 5.73 Å². The number of ketones is 1. The van der Waals surface area contributed by atoms with Crippen molar-refractivity contribution in [1.29, 1.82) is 0 Å². The SMILES string of the molecule is CC(C(=O)C(c1ccccc1Cl)N1CCN(C)CC1)c1c(C(N)=O)oc2ccc(Br)cc12. The molecule has 32 heavy (non-hydrogen) atoms.